The maximum absolute atomic E-state index is 12.6. The molecule has 0 bridgehead atoms. The Morgan fingerprint density at radius 2 is 2.19 bits per heavy atom. The fourth-order valence-electron chi connectivity index (χ4n) is 3.79. The van der Waals surface area contributed by atoms with Gasteiger partial charge >= 0.3 is 0 Å². The Bertz CT molecular complexity index is 770. The highest BCUT2D eigenvalue weighted by atomic mass is 16.5. The van der Waals surface area contributed by atoms with Crippen molar-refractivity contribution in [1.29, 1.82) is 0 Å². The maximum atomic E-state index is 12.6. The third-order valence-electron chi connectivity index (χ3n) is 5.38. The number of fused-ring (bicyclic) bond motifs is 1. The molecule has 7 nitrogen and oxygen atoms in total. The monoisotopic (exact) mass is 356 g/mol. The number of carbonyl (C=O) groups is 1. The van der Waals surface area contributed by atoms with Crippen molar-refractivity contribution >= 4 is 5.91 Å². The van der Waals surface area contributed by atoms with E-state index in [0.29, 0.717) is 26.0 Å². The lowest BCUT2D eigenvalue weighted by molar-refractivity contribution is -0.145. The number of pyridine rings is 1. The van der Waals surface area contributed by atoms with Crippen LogP contribution in [0.25, 0.3) is 0 Å². The summed E-state index contributed by atoms with van der Waals surface area (Å²) in [4.78, 5) is 23.2. The van der Waals surface area contributed by atoms with Crippen molar-refractivity contribution < 1.29 is 14.6 Å². The summed E-state index contributed by atoms with van der Waals surface area (Å²) in [5.41, 5.74) is 1.13. The predicted octanol–water partition coefficient (Wildman–Crippen LogP) is 1.57. The van der Waals surface area contributed by atoms with E-state index in [9.17, 15) is 9.90 Å². The fourth-order valence-corrected chi connectivity index (χ4v) is 3.79. The Morgan fingerprint density at radius 3 is 2.92 bits per heavy atom. The minimum Gasteiger partial charge on any atom is -0.492 e. The number of aromatic nitrogens is 3. The van der Waals surface area contributed by atoms with Crippen LogP contribution in [0.1, 0.15) is 37.3 Å². The molecule has 2 aromatic heterocycles. The lowest BCUT2D eigenvalue weighted by Gasteiger charge is -2.40. The van der Waals surface area contributed by atoms with Gasteiger partial charge in [-0.2, -0.15) is 0 Å². The van der Waals surface area contributed by atoms with Crippen LogP contribution in [0.5, 0.6) is 5.75 Å². The van der Waals surface area contributed by atoms with Crippen LogP contribution in [0.2, 0.25) is 0 Å². The zero-order chi connectivity index (χ0) is 18.1. The number of ether oxygens (including phenoxy) is 1. The van der Waals surface area contributed by atoms with Gasteiger partial charge in [0.2, 0.25) is 5.91 Å². The number of imidazole rings is 1. The number of rotatable bonds is 5. The second kappa shape index (κ2) is 7.07. The third-order valence-corrected chi connectivity index (χ3v) is 5.38. The van der Waals surface area contributed by atoms with Crippen LogP contribution in [0.3, 0.4) is 0 Å². The van der Waals surface area contributed by atoms with E-state index in [1.54, 1.807) is 12.4 Å². The largest absolute Gasteiger partial charge is 0.492 e. The topological polar surface area (TPSA) is 80.5 Å². The Morgan fingerprint density at radius 1 is 1.35 bits per heavy atom. The molecule has 26 heavy (non-hydrogen) atoms. The van der Waals surface area contributed by atoms with E-state index in [0.717, 1.165) is 30.2 Å². The van der Waals surface area contributed by atoms with Gasteiger partial charge in [-0.1, -0.05) is 0 Å². The second-order valence-electron chi connectivity index (χ2n) is 7.08. The first-order valence-electron chi connectivity index (χ1n) is 9.19. The standard InChI is InChI=1S/C19H24N4O3/c1-13-18-21-11-15(4-8-26-17-3-2-5-20-12-17)23(18)7-6-22(13)19(25)14-9-16(24)10-14/h2-3,5,11-14,16,24H,4,6-10H2,1H3/t13-,14?,16?/m1/s1. The highest BCUT2D eigenvalue weighted by Crippen LogP contribution is 2.33. The maximum Gasteiger partial charge on any atom is 0.226 e. The fraction of sp³-hybridized carbons (Fsp3) is 0.526. The molecule has 3 heterocycles. The van der Waals surface area contributed by atoms with E-state index < -0.39 is 0 Å². The van der Waals surface area contributed by atoms with E-state index in [2.05, 4.69) is 14.5 Å². The minimum atomic E-state index is -0.308. The zero-order valence-corrected chi connectivity index (χ0v) is 14.9. The van der Waals surface area contributed by atoms with Gasteiger partial charge in [0.15, 0.2) is 0 Å². The number of aliphatic hydroxyl groups is 1. The van der Waals surface area contributed by atoms with Crippen molar-refractivity contribution in [2.24, 2.45) is 5.92 Å². The molecule has 0 aromatic carbocycles. The molecule has 1 amide bonds. The molecular formula is C19H24N4O3. The molecule has 0 spiro atoms. The Hall–Kier alpha value is -2.41. The Kier molecular flexibility index (Phi) is 4.63. The number of hydrogen-bond donors (Lipinski definition) is 1. The average Bonchev–Trinajstić information content (AvgIpc) is 3.04. The third kappa shape index (κ3) is 3.19. The van der Waals surface area contributed by atoms with Crippen molar-refractivity contribution in [3.63, 3.8) is 0 Å². The van der Waals surface area contributed by atoms with Crippen LogP contribution in [-0.4, -0.2) is 49.7 Å². The molecule has 7 heteroatoms. The lowest BCUT2D eigenvalue weighted by Crippen LogP contribution is -2.48. The van der Waals surface area contributed by atoms with Gasteiger partial charge in [0.25, 0.3) is 0 Å². The van der Waals surface area contributed by atoms with Crippen molar-refractivity contribution in [3.05, 3.63) is 42.2 Å². The summed E-state index contributed by atoms with van der Waals surface area (Å²) >= 11 is 0. The van der Waals surface area contributed by atoms with Crippen LogP contribution in [0, 0.1) is 5.92 Å². The molecule has 0 radical (unpaired) electrons. The molecule has 1 atom stereocenters. The van der Waals surface area contributed by atoms with E-state index in [1.807, 2.05) is 30.2 Å². The van der Waals surface area contributed by atoms with Gasteiger partial charge in [0.1, 0.15) is 11.6 Å². The highest BCUT2D eigenvalue weighted by Gasteiger charge is 2.39. The van der Waals surface area contributed by atoms with Gasteiger partial charge in [-0.25, -0.2) is 4.98 Å². The zero-order valence-electron chi connectivity index (χ0n) is 14.9. The van der Waals surface area contributed by atoms with E-state index in [4.69, 9.17) is 4.74 Å². The molecule has 4 rings (SSSR count). The molecule has 0 saturated heterocycles. The van der Waals surface area contributed by atoms with Crippen LogP contribution in [0.4, 0.5) is 0 Å². The SMILES string of the molecule is C[C@@H]1c2ncc(CCOc3cccnc3)n2CCN1C(=O)C1CC(O)C1. The van der Waals surface area contributed by atoms with Gasteiger partial charge in [-0.05, 0) is 31.9 Å². The number of carbonyl (C=O) groups excluding carboxylic acids is 1. The first kappa shape index (κ1) is 17.0. The van der Waals surface area contributed by atoms with Gasteiger partial charge in [0, 0.05) is 43.5 Å². The smallest absolute Gasteiger partial charge is 0.226 e. The molecule has 2 aliphatic rings. The lowest BCUT2D eigenvalue weighted by atomic mass is 9.81. The van der Waals surface area contributed by atoms with E-state index >= 15 is 0 Å². The highest BCUT2D eigenvalue weighted by molar-refractivity contribution is 5.80. The number of nitrogens with zero attached hydrogens (tertiary/aromatic N) is 4. The quantitative estimate of drug-likeness (QED) is 0.880. The summed E-state index contributed by atoms with van der Waals surface area (Å²) in [6, 6.07) is 3.70. The minimum absolute atomic E-state index is 0.0266. The molecule has 2 aromatic rings. The van der Waals surface area contributed by atoms with Crippen molar-refractivity contribution in [2.75, 3.05) is 13.2 Å². The van der Waals surface area contributed by atoms with Crippen molar-refractivity contribution in [2.45, 2.75) is 44.9 Å². The number of aliphatic hydroxyl groups excluding tert-OH is 1. The van der Waals surface area contributed by atoms with Crippen LogP contribution >= 0.6 is 0 Å². The first-order chi connectivity index (χ1) is 12.6. The van der Waals surface area contributed by atoms with Crippen LogP contribution in [0.15, 0.2) is 30.7 Å². The molecule has 1 aliphatic carbocycles. The van der Waals surface area contributed by atoms with E-state index in [-0.39, 0.29) is 24.0 Å². The van der Waals surface area contributed by atoms with Gasteiger partial charge < -0.3 is 19.3 Å². The molecule has 1 fully saturated rings. The summed E-state index contributed by atoms with van der Waals surface area (Å²) in [6.45, 7) is 4.03. The summed E-state index contributed by atoms with van der Waals surface area (Å²) in [5.74, 6) is 1.82. The van der Waals surface area contributed by atoms with Crippen LogP contribution in [-0.2, 0) is 17.8 Å². The molecule has 1 N–H and O–H groups in total. The van der Waals surface area contributed by atoms with Crippen molar-refractivity contribution in [1.82, 2.24) is 19.4 Å². The molecule has 1 aliphatic heterocycles. The van der Waals surface area contributed by atoms with Gasteiger partial charge in [-0.3, -0.25) is 9.78 Å². The average molecular weight is 356 g/mol. The summed E-state index contributed by atoms with van der Waals surface area (Å²) in [7, 11) is 0. The number of amides is 1. The second-order valence-corrected chi connectivity index (χ2v) is 7.08. The van der Waals surface area contributed by atoms with Crippen molar-refractivity contribution in [3.8, 4) is 5.75 Å². The molecule has 1 saturated carbocycles. The molecule has 138 valence electrons. The summed E-state index contributed by atoms with van der Waals surface area (Å²) in [6.07, 6.45) is 6.95. The van der Waals surface area contributed by atoms with Gasteiger partial charge in [0.05, 0.1) is 24.9 Å². The molecule has 0 unspecified atom stereocenters. The normalized spacial score (nSPS) is 24.7. The Balaban J connectivity index is 1.38. The summed E-state index contributed by atoms with van der Waals surface area (Å²) in [5, 5.41) is 9.45. The summed E-state index contributed by atoms with van der Waals surface area (Å²) < 4.78 is 7.93. The Labute approximate surface area is 152 Å². The first-order valence-corrected chi connectivity index (χ1v) is 9.19. The number of hydrogen-bond acceptors (Lipinski definition) is 5. The molecular weight excluding hydrogens is 332 g/mol. The van der Waals surface area contributed by atoms with Gasteiger partial charge in [-0.15, -0.1) is 0 Å². The van der Waals surface area contributed by atoms with Crippen LogP contribution < -0.4 is 4.74 Å². The van der Waals surface area contributed by atoms with E-state index in [1.165, 1.54) is 0 Å². The predicted molar refractivity (Wildman–Crippen MR) is 94.5 cm³/mol.